The Kier molecular flexibility index (Phi) is 5.18. The van der Waals surface area contributed by atoms with Gasteiger partial charge in [-0.15, -0.1) is 0 Å². The molecule has 6 nitrogen and oxygen atoms in total. The van der Waals surface area contributed by atoms with E-state index in [9.17, 15) is 26.4 Å². The van der Waals surface area contributed by atoms with Gasteiger partial charge < -0.3 is 5.32 Å². The minimum atomic E-state index is -4.31. The smallest absolute Gasteiger partial charge is 0.325 e. The molecule has 0 saturated carbocycles. The third-order valence-corrected chi connectivity index (χ3v) is 5.48. The second-order valence-electron chi connectivity index (χ2n) is 6.58. The minimum absolute atomic E-state index is 0.0488. The normalized spacial score (nSPS) is 21.3. The molecule has 0 aliphatic carbocycles. The molecule has 1 aromatic rings. The van der Waals surface area contributed by atoms with E-state index in [0.29, 0.717) is 5.69 Å². The Labute approximate surface area is 144 Å². The lowest BCUT2D eigenvalue weighted by atomic mass is 9.88. The summed E-state index contributed by atoms with van der Waals surface area (Å²) in [6.45, 7) is 2.95. The summed E-state index contributed by atoms with van der Waals surface area (Å²) >= 11 is 0. The number of rotatable bonds is 4. The van der Waals surface area contributed by atoms with Gasteiger partial charge >= 0.3 is 6.18 Å². The predicted molar refractivity (Wildman–Crippen MR) is 86.3 cm³/mol. The van der Waals surface area contributed by atoms with Crippen LogP contribution in [0.1, 0.15) is 20.3 Å². The molecule has 1 fully saturated rings. The van der Waals surface area contributed by atoms with Crippen molar-refractivity contribution in [3.8, 4) is 0 Å². The number of carbonyl (C=O) groups is 1. The summed E-state index contributed by atoms with van der Waals surface area (Å²) in [6, 6.07) is 5.21. The largest absolute Gasteiger partial charge is 0.393 e. The van der Waals surface area contributed by atoms with Crippen LogP contribution < -0.4 is 10.5 Å². The maximum absolute atomic E-state index is 13.1. The first-order valence-electron chi connectivity index (χ1n) is 7.56. The van der Waals surface area contributed by atoms with Crippen molar-refractivity contribution in [3.63, 3.8) is 0 Å². The van der Waals surface area contributed by atoms with Crippen molar-refractivity contribution >= 4 is 21.6 Å². The van der Waals surface area contributed by atoms with E-state index in [-0.39, 0.29) is 24.4 Å². The second-order valence-corrected chi connectivity index (χ2v) is 8.14. The number of hydrogen-bond donors (Lipinski definition) is 2. The number of halogens is 3. The van der Waals surface area contributed by atoms with Crippen LogP contribution in [0, 0.1) is 5.92 Å². The van der Waals surface area contributed by atoms with E-state index in [0.717, 1.165) is 0 Å². The number of nitrogens with one attached hydrogen (secondary N) is 1. The number of nitrogens with zero attached hydrogens (tertiary/aromatic N) is 1. The summed E-state index contributed by atoms with van der Waals surface area (Å²) in [7, 11) is -3.83. The lowest BCUT2D eigenvalue weighted by molar-refractivity contribution is -0.191. The van der Waals surface area contributed by atoms with Crippen molar-refractivity contribution in [1.29, 1.82) is 0 Å². The van der Waals surface area contributed by atoms with Gasteiger partial charge in [0.2, 0.25) is 15.9 Å². The van der Waals surface area contributed by atoms with Crippen LogP contribution in [0.3, 0.4) is 0 Å². The third-order valence-electron chi connectivity index (χ3n) is 4.55. The van der Waals surface area contributed by atoms with E-state index in [2.05, 4.69) is 5.32 Å². The molecule has 0 bridgehead atoms. The highest BCUT2D eigenvalue weighted by molar-refractivity contribution is 7.89. The number of primary sulfonamides is 1. The molecule has 1 saturated heterocycles. The lowest BCUT2D eigenvalue weighted by Gasteiger charge is -2.36. The molecule has 1 aliphatic heterocycles. The van der Waals surface area contributed by atoms with E-state index in [1.165, 1.54) is 43.0 Å². The van der Waals surface area contributed by atoms with Crippen LogP contribution in [0.4, 0.5) is 18.9 Å². The van der Waals surface area contributed by atoms with E-state index < -0.39 is 33.6 Å². The number of benzene rings is 1. The number of amides is 1. The van der Waals surface area contributed by atoms with Gasteiger partial charge in [-0.25, -0.2) is 13.6 Å². The summed E-state index contributed by atoms with van der Waals surface area (Å²) in [5.74, 6) is -1.96. The number of nitrogens with two attached hydrogens (primary N) is 1. The zero-order valence-corrected chi connectivity index (χ0v) is 14.6. The molecule has 1 unspecified atom stereocenters. The second kappa shape index (κ2) is 6.58. The van der Waals surface area contributed by atoms with Crippen LogP contribution in [0.15, 0.2) is 29.2 Å². The fraction of sp³-hybridized carbons (Fsp3) is 0.533. The molecule has 0 radical (unpaired) electrons. The summed E-state index contributed by atoms with van der Waals surface area (Å²) < 4.78 is 61.5. The Bertz CT molecular complexity index is 746. The number of likely N-dealkylation sites (tertiary alicyclic amines) is 1. The minimum Gasteiger partial charge on any atom is -0.325 e. The Morgan fingerprint density at radius 1 is 1.32 bits per heavy atom. The lowest BCUT2D eigenvalue weighted by Crippen LogP contribution is -2.49. The fourth-order valence-corrected chi connectivity index (χ4v) is 3.61. The van der Waals surface area contributed by atoms with Gasteiger partial charge in [0.05, 0.1) is 17.4 Å². The van der Waals surface area contributed by atoms with Gasteiger partial charge in [0.25, 0.3) is 0 Å². The first kappa shape index (κ1) is 19.7. The molecular weight excluding hydrogens is 359 g/mol. The molecule has 140 valence electrons. The summed E-state index contributed by atoms with van der Waals surface area (Å²) in [5, 5.41) is 7.52. The monoisotopic (exact) mass is 379 g/mol. The Morgan fingerprint density at radius 3 is 2.32 bits per heavy atom. The van der Waals surface area contributed by atoms with E-state index >= 15 is 0 Å². The number of sulfonamides is 1. The van der Waals surface area contributed by atoms with Gasteiger partial charge in [-0.05, 0) is 51.1 Å². The number of anilines is 1. The molecule has 1 heterocycles. The molecule has 0 spiro atoms. The third kappa shape index (κ3) is 4.50. The molecule has 1 aromatic carbocycles. The van der Waals surface area contributed by atoms with Crippen molar-refractivity contribution in [2.75, 3.05) is 18.4 Å². The van der Waals surface area contributed by atoms with Gasteiger partial charge in [-0.1, -0.05) is 0 Å². The molecule has 1 atom stereocenters. The van der Waals surface area contributed by atoms with Gasteiger partial charge in [0.1, 0.15) is 0 Å². The van der Waals surface area contributed by atoms with Crippen LogP contribution in [0.5, 0.6) is 0 Å². The average Bonchev–Trinajstić information content (AvgIpc) is 2.73. The topological polar surface area (TPSA) is 92.5 Å². The van der Waals surface area contributed by atoms with Crippen LogP contribution in [-0.4, -0.2) is 44.0 Å². The number of hydrogen-bond acceptors (Lipinski definition) is 4. The standard InChI is InChI=1S/C15H20F3N3O3S/c1-14(2)12(15(16,17)18)7-8-21(14)9-13(22)20-10-3-5-11(6-4-10)25(19,23)24/h3-6,12H,7-9H2,1-2H3,(H,20,22)(H2,19,23,24). The Balaban J connectivity index is 2.01. The van der Waals surface area contributed by atoms with Gasteiger partial charge in [-0.3, -0.25) is 9.69 Å². The van der Waals surface area contributed by atoms with Gasteiger partial charge in [-0.2, -0.15) is 13.2 Å². The maximum atomic E-state index is 13.1. The molecule has 3 N–H and O–H groups in total. The molecule has 1 aliphatic rings. The highest BCUT2D eigenvalue weighted by Crippen LogP contribution is 2.44. The van der Waals surface area contributed by atoms with E-state index in [1.807, 2.05) is 0 Å². The quantitative estimate of drug-likeness (QED) is 0.836. The summed E-state index contributed by atoms with van der Waals surface area (Å²) in [5.41, 5.74) is -0.839. The number of alkyl halides is 3. The average molecular weight is 379 g/mol. The van der Waals surface area contributed by atoms with Crippen molar-refractivity contribution in [1.82, 2.24) is 4.90 Å². The van der Waals surface area contributed by atoms with E-state index in [1.54, 1.807) is 0 Å². The van der Waals surface area contributed by atoms with Crippen LogP contribution in [0.2, 0.25) is 0 Å². The summed E-state index contributed by atoms with van der Waals surface area (Å²) in [6.07, 6.45) is -4.36. The maximum Gasteiger partial charge on any atom is 0.393 e. The highest BCUT2D eigenvalue weighted by atomic mass is 32.2. The predicted octanol–water partition coefficient (Wildman–Crippen LogP) is 1.94. The first-order valence-corrected chi connectivity index (χ1v) is 9.11. The van der Waals surface area contributed by atoms with Gasteiger partial charge in [0, 0.05) is 11.2 Å². The molecule has 2 rings (SSSR count). The highest BCUT2D eigenvalue weighted by Gasteiger charge is 2.54. The zero-order valence-electron chi connectivity index (χ0n) is 13.8. The molecule has 1 amide bonds. The first-order chi connectivity index (χ1) is 11.3. The fourth-order valence-electron chi connectivity index (χ4n) is 3.10. The van der Waals surface area contributed by atoms with Crippen LogP contribution in [-0.2, 0) is 14.8 Å². The van der Waals surface area contributed by atoms with Gasteiger partial charge in [0.15, 0.2) is 0 Å². The van der Waals surface area contributed by atoms with Crippen LogP contribution in [0.25, 0.3) is 0 Å². The van der Waals surface area contributed by atoms with Crippen LogP contribution >= 0.6 is 0 Å². The molecule has 0 aromatic heterocycles. The Morgan fingerprint density at radius 2 is 1.88 bits per heavy atom. The molecular formula is C15H20F3N3O3S. The van der Waals surface area contributed by atoms with E-state index in [4.69, 9.17) is 5.14 Å². The molecule has 10 heteroatoms. The number of carbonyl (C=O) groups excluding carboxylic acids is 1. The SMILES string of the molecule is CC1(C)C(C(F)(F)F)CCN1CC(=O)Nc1ccc(S(N)(=O)=O)cc1. The summed E-state index contributed by atoms with van der Waals surface area (Å²) in [4.78, 5) is 13.5. The Hall–Kier alpha value is -1.65. The van der Waals surface area contributed by atoms with Crippen molar-refractivity contribution in [2.24, 2.45) is 11.1 Å². The van der Waals surface area contributed by atoms with Crippen molar-refractivity contribution in [3.05, 3.63) is 24.3 Å². The van der Waals surface area contributed by atoms with Crippen molar-refractivity contribution < 1.29 is 26.4 Å². The molecule has 25 heavy (non-hydrogen) atoms. The van der Waals surface area contributed by atoms with Crippen molar-refractivity contribution in [2.45, 2.75) is 36.9 Å². The zero-order chi connectivity index (χ0) is 19.0.